The maximum absolute atomic E-state index is 9.84. The van der Waals surface area contributed by atoms with Crippen LogP contribution >= 0.6 is 11.8 Å². The lowest BCUT2D eigenvalue weighted by atomic mass is 10.1. The average Bonchev–Trinajstić information content (AvgIpc) is 2.54. The summed E-state index contributed by atoms with van der Waals surface area (Å²) in [6, 6.07) is 10.1. The number of anilines is 2. The van der Waals surface area contributed by atoms with Crippen LogP contribution in [0.3, 0.4) is 0 Å². The average molecular weight is 330 g/mol. The molecule has 6 heteroatoms. The number of aliphatic hydroxyl groups is 1. The van der Waals surface area contributed by atoms with Gasteiger partial charge in [-0.05, 0) is 30.9 Å². The van der Waals surface area contributed by atoms with Crippen molar-refractivity contribution in [1.82, 2.24) is 9.97 Å². The van der Waals surface area contributed by atoms with Crippen molar-refractivity contribution in [2.24, 2.45) is 0 Å². The van der Waals surface area contributed by atoms with Gasteiger partial charge >= 0.3 is 0 Å². The van der Waals surface area contributed by atoms with Crippen molar-refractivity contribution in [2.75, 3.05) is 23.7 Å². The lowest BCUT2D eigenvalue weighted by molar-refractivity contribution is 0.154. The van der Waals surface area contributed by atoms with E-state index in [0.29, 0.717) is 17.5 Å². The number of nitrogens with zero attached hydrogens (tertiary/aromatic N) is 3. The molecule has 1 saturated heterocycles. The second-order valence-electron chi connectivity index (χ2n) is 5.89. The first-order chi connectivity index (χ1) is 11.1. The summed E-state index contributed by atoms with van der Waals surface area (Å²) in [5, 5.41) is 10.5. The van der Waals surface area contributed by atoms with Gasteiger partial charge in [-0.15, -0.1) is 0 Å². The SMILES string of the molecule is Cc1ccccc1CSc1nc(N)cc(N2CCC[C@@H](O)C2)n1. The van der Waals surface area contributed by atoms with Crippen LogP contribution in [0.5, 0.6) is 0 Å². The molecule has 2 aromatic rings. The Morgan fingerprint density at radius 2 is 2.17 bits per heavy atom. The van der Waals surface area contributed by atoms with Gasteiger partial charge in [0.1, 0.15) is 11.6 Å². The minimum atomic E-state index is -0.289. The number of aliphatic hydroxyl groups excluding tert-OH is 1. The van der Waals surface area contributed by atoms with Crippen LogP contribution in [0.1, 0.15) is 24.0 Å². The van der Waals surface area contributed by atoms with Crippen molar-refractivity contribution >= 4 is 23.4 Å². The van der Waals surface area contributed by atoms with Gasteiger partial charge in [0, 0.05) is 24.9 Å². The van der Waals surface area contributed by atoms with Crippen LogP contribution in [0.4, 0.5) is 11.6 Å². The third-order valence-electron chi connectivity index (χ3n) is 4.05. The molecule has 2 heterocycles. The van der Waals surface area contributed by atoms with E-state index in [2.05, 4.69) is 33.9 Å². The van der Waals surface area contributed by atoms with Crippen molar-refractivity contribution in [3.8, 4) is 0 Å². The number of aromatic nitrogens is 2. The molecule has 122 valence electrons. The lowest BCUT2D eigenvalue weighted by Crippen LogP contribution is -2.38. The zero-order valence-electron chi connectivity index (χ0n) is 13.3. The molecule has 5 nitrogen and oxygen atoms in total. The molecule has 1 aromatic carbocycles. The highest BCUT2D eigenvalue weighted by atomic mass is 32.2. The van der Waals surface area contributed by atoms with Gasteiger partial charge in [0.05, 0.1) is 6.10 Å². The first kappa shape index (κ1) is 16.1. The fraction of sp³-hybridized carbons (Fsp3) is 0.412. The van der Waals surface area contributed by atoms with E-state index in [1.807, 2.05) is 12.1 Å². The minimum Gasteiger partial charge on any atom is -0.391 e. The van der Waals surface area contributed by atoms with E-state index in [4.69, 9.17) is 5.73 Å². The highest BCUT2D eigenvalue weighted by Gasteiger charge is 2.20. The smallest absolute Gasteiger partial charge is 0.191 e. The number of β-amino-alcohol motifs (C(OH)–C–C–N with tert-alkyl or cyclic N) is 1. The Balaban J connectivity index is 1.74. The molecule has 0 spiro atoms. The van der Waals surface area contributed by atoms with E-state index in [9.17, 15) is 5.11 Å². The van der Waals surface area contributed by atoms with Crippen molar-refractivity contribution in [1.29, 1.82) is 0 Å². The first-order valence-electron chi connectivity index (χ1n) is 7.86. The van der Waals surface area contributed by atoms with Crippen LogP contribution in [-0.2, 0) is 5.75 Å². The summed E-state index contributed by atoms with van der Waals surface area (Å²) in [5.74, 6) is 2.10. The molecule has 23 heavy (non-hydrogen) atoms. The Morgan fingerprint density at radius 1 is 1.35 bits per heavy atom. The highest BCUT2D eigenvalue weighted by Crippen LogP contribution is 2.26. The molecule has 1 atom stereocenters. The Labute approximate surface area is 140 Å². The molecule has 0 bridgehead atoms. The maximum atomic E-state index is 9.84. The number of thioether (sulfide) groups is 1. The Morgan fingerprint density at radius 3 is 2.96 bits per heavy atom. The topological polar surface area (TPSA) is 75.3 Å². The fourth-order valence-electron chi connectivity index (χ4n) is 2.73. The molecule has 0 radical (unpaired) electrons. The van der Waals surface area contributed by atoms with E-state index < -0.39 is 0 Å². The number of hydrogen-bond donors (Lipinski definition) is 2. The Bertz CT molecular complexity index is 679. The van der Waals surface area contributed by atoms with E-state index in [-0.39, 0.29) is 6.10 Å². The molecular formula is C17H22N4OS. The normalized spacial score (nSPS) is 18.2. The predicted molar refractivity (Wildman–Crippen MR) is 94.6 cm³/mol. The van der Waals surface area contributed by atoms with Gasteiger partial charge in [0.15, 0.2) is 5.16 Å². The maximum Gasteiger partial charge on any atom is 0.191 e. The number of rotatable bonds is 4. The molecule has 0 amide bonds. The number of nitrogens with two attached hydrogens (primary N) is 1. The summed E-state index contributed by atoms with van der Waals surface area (Å²) < 4.78 is 0. The van der Waals surface area contributed by atoms with Crippen LogP contribution in [0.2, 0.25) is 0 Å². The van der Waals surface area contributed by atoms with E-state index in [1.165, 1.54) is 11.1 Å². The van der Waals surface area contributed by atoms with Crippen molar-refractivity contribution in [3.63, 3.8) is 0 Å². The van der Waals surface area contributed by atoms with Gasteiger partial charge in [-0.2, -0.15) is 0 Å². The summed E-state index contributed by atoms with van der Waals surface area (Å²) >= 11 is 1.59. The van der Waals surface area contributed by atoms with Gasteiger partial charge in [-0.1, -0.05) is 36.0 Å². The second-order valence-corrected chi connectivity index (χ2v) is 6.83. The molecule has 1 fully saturated rings. The molecule has 3 N–H and O–H groups in total. The molecule has 1 aliphatic rings. The molecule has 0 aliphatic carbocycles. The lowest BCUT2D eigenvalue weighted by Gasteiger charge is -2.31. The number of nitrogen functional groups attached to an aromatic ring is 1. The minimum absolute atomic E-state index is 0.289. The number of aryl methyl sites for hydroxylation is 1. The second kappa shape index (κ2) is 7.19. The van der Waals surface area contributed by atoms with Gasteiger partial charge in [-0.25, -0.2) is 9.97 Å². The van der Waals surface area contributed by atoms with E-state index in [1.54, 1.807) is 17.8 Å². The molecule has 3 rings (SSSR count). The van der Waals surface area contributed by atoms with Crippen LogP contribution in [0.25, 0.3) is 0 Å². The molecule has 1 aromatic heterocycles. The highest BCUT2D eigenvalue weighted by molar-refractivity contribution is 7.98. The van der Waals surface area contributed by atoms with Crippen LogP contribution < -0.4 is 10.6 Å². The molecule has 0 unspecified atom stereocenters. The Kier molecular flexibility index (Phi) is 5.03. The van der Waals surface area contributed by atoms with Crippen LogP contribution in [0.15, 0.2) is 35.5 Å². The van der Waals surface area contributed by atoms with Crippen LogP contribution in [0, 0.1) is 6.92 Å². The number of piperidine rings is 1. The van der Waals surface area contributed by atoms with Crippen molar-refractivity contribution in [3.05, 3.63) is 41.5 Å². The van der Waals surface area contributed by atoms with Gasteiger partial charge in [0.2, 0.25) is 0 Å². The first-order valence-corrected chi connectivity index (χ1v) is 8.85. The molecule has 1 aliphatic heterocycles. The Hall–Kier alpha value is -1.79. The standard InChI is InChI=1S/C17H22N4OS/c1-12-5-2-3-6-13(12)11-23-17-19-15(18)9-16(20-17)21-8-4-7-14(22)10-21/h2-3,5-6,9,14,22H,4,7-8,10-11H2,1H3,(H2,18,19,20)/t14-/m1/s1. The van der Waals surface area contributed by atoms with Crippen molar-refractivity contribution in [2.45, 2.75) is 36.8 Å². The third kappa shape index (κ3) is 4.14. The molecule has 0 saturated carbocycles. The van der Waals surface area contributed by atoms with Crippen molar-refractivity contribution < 1.29 is 5.11 Å². The summed E-state index contributed by atoms with van der Waals surface area (Å²) in [5.41, 5.74) is 8.49. The number of benzene rings is 1. The van der Waals surface area contributed by atoms with Gasteiger partial charge < -0.3 is 15.7 Å². The summed E-state index contributed by atoms with van der Waals surface area (Å²) in [4.78, 5) is 11.0. The zero-order chi connectivity index (χ0) is 16.2. The zero-order valence-corrected chi connectivity index (χ0v) is 14.1. The predicted octanol–water partition coefficient (Wildman–Crippen LogP) is 2.62. The number of hydrogen-bond acceptors (Lipinski definition) is 6. The van der Waals surface area contributed by atoms with Crippen LogP contribution in [-0.4, -0.2) is 34.3 Å². The van der Waals surface area contributed by atoms with Gasteiger partial charge in [0.25, 0.3) is 0 Å². The van der Waals surface area contributed by atoms with E-state index >= 15 is 0 Å². The van der Waals surface area contributed by atoms with Gasteiger partial charge in [-0.3, -0.25) is 0 Å². The monoisotopic (exact) mass is 330 g/mol. The summed E-state index contributed by atoms with van der Waals surface area (Å²) in [6.45, 7) is 3.62. The largest absolute Gasteiger partial charge is 0.391 e. The fourth-order valence-corrected chi connectivity index (χ4v) is 3.67. The summed E-state index contributed by atoms with van der Waals surface area (Å²) in [6.07, 6.45) is 1.53. The quantitative estimate of drug-likeness (QED) is 0.663. The summed E-state index contributed by atoms with van der Waals surface area (Å²) in [7, 11) is 0. The molecular weight excluding hydrogens is 308 g/mol. The third-order valence-corrected chi connectivity index (χ3v) is 4.95. The van der Waals surface area contributed by atoms with E-state index in [0.717, 1.165) is 31.0 Å².